The van der Waals surface area contributed by atoms with E-state index in [-0.39, 0.29) is 5.91 Å². The third kappa shape index (κ3) is 2.97. The van der Waals surface area contributed by atoms with E-state index >= 15 is 0 Å². The summed E-state index contributed by atoms with van der Waals surface area (Å²) in [5.41, 5.74) is 1.97. The number of hydrogen-bond donors (Lipinski definition) is 1. The topological polar surface area (TPSA) is 72.7 Å². The molecular formula is C14H10BrN5O. The Hall–Kier alpha value is -2.54. The number of benzene rings is 2. The summed E-state index contributed by atoms with van der Waals surface area (Å²) < 4.78 is 2.32. The molecule has 0 saturated carbocycles. The van der Waals surface area contributed by atoms with E-state index in [9.17, 15) is 4.79 Å². The van der Waals surface area contributed by atoms with Gasteiger partial charge in [0.25, 0.3) is 5.91 Å². The molecule has 0 unspecified atom stereocenters. The highest BCUT2D eigenvalue weighted by Gasteiger charge is 2.09. The van der Waals surface area contributed by atoms with Gasteiger partial charge in [0, 0.05) is 10.0 Å². The van der Waals surface area contributed by atoms with E-state index in [1.54, 1.807) is 18.2 Å². The normalized spacial score (nSPS) is 10.3. The van der Waals surface area contributed by atoms with Gasteiger partial charge in [0.05, 0.1) is 11.4 Å². The fourth-order valence-corrected chi connectivity index (χ4v) is 2.21. The Morgan fingerprint density at radius 2 is 2.00 bits per heavy atom. The molecule has 1 amide bonds. The molecule has 3 rings (SSSR count). The first-order chi connectivity index (χ1) is 10.2. The van der Waals surface area contributed by atoms with Crippen LogP contribution in [0.3, 0.4) is 0 Å². The molecule has 1 aromatic heterocycles. The van der Waals surface area contributed by atoms with Gasteiger partial charge in [-0.15, -0.1) is 5.10 Å². The molecule has 104 valence electrons. The quantitative estimate of drug-likeness (QED) is 0.793. The summed E-state index contributed by atoms with van der Waals surface area (Å²) in [6.45, 7) is 0. The molecule has 0 aliphatic heterocycles. The van der Waals surface area contributed by atoms with E-state index in [4.69, 9.17) is 0 Å². The van der Waals surface area contributed by atoms with E-state index < -0.39 is 0 Å². The Morgan fingerprint density at radius 1 is 1.14 bits per heavy atom. The number of nitrogens with one attached hydrogen (secondary N) is 1. The van der Waals surface area contributed by atoms with Crippen LogP contribution >= 0.6 is 15.9 Å². The lowest BCUT2D eigenvalue weighted by atomic mass is 10.2. The van der Waals surface area contributed by atoms with Gasteiger partial charge in [0.15, 0.2) is 0 Å². The number of carbonyl (C=O) groups is 1. The number of anilines is 1. The molecule has 0 aliphatic carbocycles. The van der Waals surface area contributed by atoms with Gasteiger partial charge in [0.2, 0.25) is 0 Å². The second kappa shape index (κ2) is 5.84. The lowest BCUT2D eigenvalue weighted by Gasteiger charge is -2.08. The third-order valence-corrected chi connectivity index (χ3v) is 3.54. The average Bonchev–Trinajstić information content (AvgIpc) is 3.04. The minimum Gasteiger partial charge on any atom is -0.321 e. The van der Waals surface area contributed by atoms with E-state index in [0.717, 1.165) is 15.8 Å². The highest BCUT2D eigenvalue weighted by molar-refractivity contribution is 9.10. The van der Waals surface area contributed by atoms with Crippen LogP contribution in [0.5, 0.6) is 0 Å². The number of tetrazole rings is 1. The number of amides is 1. The van der Waals surface area contributed by atoms with Crippen molar-refractivity contribution in [3.05, 3.63) is 64.9 Å². The molecule has 2 aromatic carbocycles. The van der Waals surface area contributed by atoms with Gasteiger partial charge in [-0.1, -0.05) is 18.2 Å². The fraction of sp³-hybridized carbons (Fsp3) is 0. The summed E-state index contributed by atoms with van der Waals surface area (Å²) in [7, 11) is 0. The van der Waals surface area contributed by atoms with Gasteiger partial charge in [-0.25, -0.2) is 4.68 Å². The summed E-state index contributed by atoms with van der Waals surface area (Å²) in [5.74, 6) is -0.197. The lowest BCUT2D eigenvalue weighted by molar-refractivity contribution is 0.102. The molecule has 1 N–H and O–H groups in total. The van der Waals surface area contributed by atoms with E-state index in [2.05, 4.69) is 36.8 Å². The number of para-hydroxylation sites is 1. The predicted molar refractivity (Wildman–Crippen MR) is 81.2 cm³/mol. The Labute approximate surface area is 128 Å². The lowest BCUT2D eigenvalue weighted by Crippen LogP contribution is -2.12. The maximum atomic E-state index is 12.3. The third-order valence-electron chi connectivity index (χ3n) is 2.84. The van der Waals surface area contributed by atoms with Crippen molar-refractivity contribution in [3.63, 3.8) is 0 Å². The highest BCUT2D eigenvalue weighted by Crippen LogP contribution is 2.22. The molecular weight excluding hydrogens is 334 g/mol. The second-order valence-electron chi connectivity index (χ2n) is 4.24. The van der Waals surface area contributed by atoms with E-state index in [0.29, 0.717) is 5.56 Å². The first-order valence-electron chi connectivity index (χ1n) is 6.13. The summed E-state index contributed by atoms with van der Waals surface area (Å²) in [6.07, 6.45) is 1.48. The largest absolute Gasteiger partial charge is 0.321 e. The molecule has 0 spiro atoms. The zero-order valence-corrected chi connectivity index (χ0v) is 12.4. The van der Waals surface area contributed by atoms with Crippen molar-refractivity contribution in [2.75, 3.05) is 5.32 Å². The molecule has 6 nitrogen and oxygen atoms in total. The van der Waals surface area contributed by atoms with Crippen molar-refractivity contribution in [1.29, 1.82) is 0 Å². The van der Waals surface area contributed by atoms with Gasteiger partial charge in [-0.2, -0.15) is 0 Å². The molecule has 0 aliphatic rings. The molecule has 0 fully saturated rings. The molecule has 7 heteroatoms. The second-order valence-corrected chi connectivity index (χ2v) is 5.09. The standard InChI is InChI=1S/C14H10BrN5O/c15-12-6-1-2-7-13(12)17-14(21)10-4-3-5-11(8-10)20-9-16-18-19-20/h1-9H,(H,17,21). The number of carbonyl (C=O) groups excluding carboxylic acids is 1. The van der Waals surface area contributed by atoms with Crippen LogP contribution in [0.25, 0.3) is 5.69 Å². The predicted octanol–water partition coefficient (Wildman–Crippen LogP) is 2.68. The Kier molecular flexibility index (Phi) is 3.74. The summed E-state index contributed by atoms with van der Waals surface area (Å²) >= 11 is 3.40. The fourth-order valence-electron chi connectivity index (χ4n) is 1.83. The highest BCUT2D eigenvalue weighted by atomic mass is 79.9. The van der Waals surface area contributed by atoms with E-state index in [1.807, 2.05) is 30.3 Å². The minimum atomic E-state index is -0.197. The molecule has 0 atom stereocenters. The van der Waals surface area contributed by atoms with Crippen LogP contribution in [-0.4, -0.2) is 26.1 Å². The van der Waals surface area contributed by atoms with Crippen LogP contribution in [-0.2, 0) is 0 Å². The van der Waals surface area contributed by atoms with Crippen LogP contribution in [0.15, 0.2) is 59.3 Å². The van der Waals surface area contributed by atoms with Gasteiger partial charge < -0.3 is 5.32 Å². The van der Waals surface area contributed by atoms with Crippen LogP contribution in [0.2, 0.25) is 0 Å². The number of aromatic nitrogens is 4. The van der Waals surface area contributed by atoms with Crippen molar-refractivity contribution >= 4 is 27.5 Å². The molecule has 3 aromatic rings. The smallest absolute Gasteiger partial charge is 0.255 e. The van der Waals surface area contributed by atoms with Gasteiger partial charge in [0.1, 0.15) is 6.33 Å². The first kappa shape index (κ1) is 13.4. The Balaban J connectivity index is 1.85. The monoisotopic (exact) mass is 343 g/mol. The molecule has 21 heavy (non-hydrogen) atoms. The van der Waals surface area contributed by atoms with Crippen LogP contribution in [0, 0.1) is 0 Å². The summed E-state index contributed by atoms with van der Waals surface area (Å²) in [4.78, 5) is 12.3. The first-order valence-corrected chi connectivity index (χ1v) is 6.92. The van der Waals surface area contributed by atoms with Gasteiger partial charge >= 0.3 is 0 Å². The Morgan fingerprint density at radius 3 is 2.76 bits per heavy atom. The van der Waals surface area contributed by atoms with Crippen LogP contribution in [0.1, 0.15) is 10.4 Å². The Bertz CT molecular complexity index is 773. The van der Waals surface area contributed by atoms with Crippen molar-refractivity contribution in [3.8, 4) is 5.69 Å². The molecule has 0 bridgehead atoms. The maximum absolute atomic E-state index is 12.3. The number of hydrogen-bond acceptors (Lipinski definition) is 4. The summed E-state index contributed by atoms with van der Waals surface area (Å²) in [5, 5.41) is 13.8. The van der Waals surface area contributed by atoms with Crippen LogP contribution < -0.4 is 5.32 Å². The zero-order chi connectivity index (χ0) is 14.7. The molecule has 0 radical (unpaired) electrons. The number of halogens is 1. The molecule has 0 saturated heterocycles. The van der Waals surface area contributed by atoms with Crippen LogP contribution in [0.4, 0.5) is 5.69 Å². The van der Waals surface area contributed by atoms with Gasteiger partial charge in [-0.05, 0) is 56.7 Å². The SMILES string of the molecule is O=C(Nc1ccccc1Br)c1cccc(-n2cnnn2)c1. The maximum Gasteiger partial charge on any atom is 0.255 e. The van der Waals surface area contributed by atoms with Gasteiger partial charge in [-0.3, -0.25) is 4.79 Å². The van der Waals surface area contributed by atoms with Crippen molar-refractivity contribution < 1.29 is 4.79 Å². The summed E-state index contributed by atoms with van der Waals surface area (Å²) in [6, 6.07) is 14.5. The zero-order valence-electron chi connectivity index (χ0n) is 10.8. The van der Waals surface area contributed by atoms with Crippen molar-refractivity contribution in [1.82, 2.24) is 20.2 Å². The molecule has 1 heterocycles. The van der Waals surface area contributed by atoms with Crippen molar-refractivity contribution in [2.45, 2.75) is 0 Å². The number of nitrogens with zero attached hydrogens (tertiary/aromatic N) is 4. The van der Waals surface area contributed by atoms with Crippen molar-refractivity contribution in [2.24, 2.45) is 0 Å². The number of rotatable bonds is 3. The average molecular weight is 344 g/mol. The van der Waals surface area contributed by atoms with E-state index in [1.165, 1.54) is 11.0 Å². The minimum absolute atomic E-state index is 0.197.